The van der Waals surface area contributed by atoms with E-state index in [0.717, 1.165) is 50.0 Å². The summed E-state index contributed by atoms with van der Waals surface area (Å²) in [6, 6.07) is 35.5. The minimum Gasteiger partial charge on any atom is -0.454 e. The molecule has 36 heavy (non-hydrogen) atoms. The van der Waals surface area contributed by atoms with E-state index < -0.39 is 0 Å². The van der Waals surface area contributed by atoms with Crippen LogP contribution in [0.3, 0.4) is 0 Å². The van der Waals surface area contributed by atoms with Gasteiger partial charge in [0.05, 0.1) is 34.2 Å². The summed E-state index contributed by atoms with van der Waals surface area (Å²) in [5.74, 6) is 0. The first-order valence-electron chi connectivity index (χ1n) is 12.0. The van der Waals surface area contributed by atoms with E-state index in [1.807, 2.05) is 42.6 Å². The van der Waals surface area contributed by atoms with Crippen LogP contribution in [0.1, 0.15) is 0 Å². The molecule has 0 amide bonds. The highest BCUT2D eigenvalue weighted by atomic mass is 16.3. The van der Waals surface area contributed by atoms with Crippen molar-refractivity contribution in [1.29, 1.82) is 0 Å². The molecule has 0 saturated heterocycles. The molecule has 0 radical (unpaired) electrons. The zero-order chi connectivity index (χ0) is 23.6. The van der Waals surface area contributed by atoms with Crippen LogP contribution in [0.15, 0.2) is 120 Å². The molecule has 0 N–H and O–H groups in total. The molecular formula is C32H19N3O. The van der Waals surface area contributed by atoms with Crippen LogP contribution in [0, 0.1) is 0 Å². The minimum atomic E-state index is 0.847. The number of pyridine rings is 2. The lowest BCUT2D eigenvalue weighted by Gasteiger charge is -2.12. The number of fused-ring (bicyclic) bond motifs is 10. The van der Waals surface area contributed by atoms with Gasteiger partial charge in [0.15, 0.2) is 5.58 Å². The third kappa shape index (κ3) is 2.58. The Kier molecular flexibility index (Phi) is 3.91. The Morgan fingerprint density at radius 1 is 0.528 bits per heavy atom. The van der Waals surface area contributed by atoms with E-state index in [9.17, 15) is 0 Å². The van der Waals surface area contributed by atoms with Crippen LogP contribution in [0.4, 0.5) is 0 Å². The van der Waals surface area contributed by atoms with Crippen LogP contribution in [-0.2, 0) is 0 Å². The van der Waals surface area contributed by atoms with Gasteiger partial charge in [-0.2, -0.15) is 0 Å². The Hall–Kier alpha value is -4.96. The van der Waals surface area contributed by atoms with E-state index in [-0.39, 0.29) is 0 Å². The Bertz CT molecular complexity index is 2080. The average molecular weight is 462 g/mol. The fraction of sp³-hybridized carbons (Fsp3) is 0. The first-order valence-corrected chi connectivity index (χ1v) is 12.0. The second-order valence-corrected chi connectivity index (χ2v) is 9.04. The molecule has 0 fully saturated rings. The maximum absolute atomic E-state index is 6.57. The molecule has 0 atom stereocenters. The van der Waals surface area contributed by atoms with Gasteiger partial charge in [-0.05, 0) is 52.6 Å². The van der Waals surface area contributed by atoms with Gasteiger partial charge >= 0.3 is 0 Å². The summed E-state index contributed by atoms with van der Waals surface area (Å²) in [7, 11) is 0. The van der Waals surface area contributed by atoms with Gasteiger partial charge in [-0.1, -0.05) is 66.7 Å². The normalized spacial score (nSPS) is 11.9. The molecule has 4 aromatic carbocycles. The summed E-state index contributed by atoms with van der Waals surface area (Å²) >= 11 is 0. The van der Waals surface area contributed by atoms with Crippen molar-refractivity contribution in [1.82, 2.24) is 14.5 Å². The highest BCUT2D eigenvalue weighted by Crippen LogP contribution is 2.45. The molecule has 0 bridgehead atoms. The molecule has 0 unspecified atom stereocenters. The summed E-state index contributed by atoms with van der Waals surface area (Å²) in [6.45, 7) is 0. The number of aromatic nitrogens is 3. The summed E-state index contributed by atoms with van der Waals surface area (Å²) in [5, 5.41) is 7.05. The lowest BCUT2D eigenvalue weighted by molar-refractivity contribution is 0.673. The van der Waals surface area contributed by atoms with Gasteiger partial charge in [0.2, 0.25) is 0 Å². The van der Waals surface area contributed by atoms with Gasteiger partial charge in [0.25, 0.3) is 0 Å². The van der Waals surface area contributed by atoms with E-state index in [4.69, 9.17) is 9.40 Å². The van der Waals surface area contributed by atoms with Gasteiger partial charge in [-0.3, -0.25) is 9.97 Å². The number of nitrogens with zero attached hydrogens (tertiary/aromatic N) is 3. The van der Waals surface area contributed by atoms with Crippen molar-refractivity contribution in [3.8, 4) is 17.1 Å². The van der Waals surface area contributed by atoms with Crippen LogP contribution in [0.5, 0.6) is 0 Å². The minimum absolute atomic E-state index is 0.847. The van der Waals surface area contributed by atoms with Crippen LogP contribution < -0.4 is 0 Å². The van der Waals surface area contributed by atoms with Crippen molar-refractivity contribution < 1.29 is 4.42 Å². The molecule has 0 aliphatic heterocycles. The lowest BCUT2D eigenvalue weighted by Crippen LogP contribution is -1.97. The lowest BCUT2D eigenvalue weighted by atomic mass is 9.98. The third-order valence-corrected chi connectivity index (χ3v) is 7.08. The number of hydrogen-bond acceptors (Lipinski definition) is 3. The van der Waals surface area contributed by atoms with Gasteiger partial charge in [0.1, 0.15) is 11.1 Å². The quantitative estimate of drug-likeness (QED) is 0.243. The number of furan rings is 1. The standard InChI is InChI=1S/C32H19N3O/c1-3-11-23-21(9-1)22-10-2-4-12-24(22)30-29(23)32-31(25-13-5-6-15-28(25)36-32)35(30)20-16-17-27(34-19-20)26-14-7-8-18-33-26/h1-19H. The Labute approximate surface area is 206 Å². The second-order valence-electron chi connectivity index (χ2n) is 9.04. The van der Waals surface area contributed by atoms with Gasteiger partial charge in [-0.15, -0.1) is 0 Å². The Balaban J connectivity index is 1.57. The SMILES string of the molecule is c1ccc(-c2ccc(-n3c4c5ccccc5oc4c4c5ccccc5c5ccccc5c43)cn2)nc1. The van der Waals surface area contributed by atoms with E-state index in [0.29, 0.717) is 0 Å². The predicted molar refractivity (Wildman–Crippen MR) is 147 cm³/mol. The first-order chi connectivity index (χ1) is 17.9. The molecule has 8 aromatic rings. The van der Waals surface area contributed by atoms with Crippen molar-refractivity contribution >= 4 is 54.5 Å². The monoisotopic (exact) mass is 461 g/mol. The van der Waals surface area contributed by atoms with E-state index in [1.54, 1.807) is 6.20 Å². The molecule has 4 aromatic heterocycles. The van der Waals surface area contributed by atoms with Crippen molar-refractivity contribution in [2.24, 2.45) is 0 Å². The molecular weight excluding hydrogens is 442 g/mol. The number of rotatable bonds is 2. The molecule has 168 valence electrons. The zero-order valence-corrected chi connectivity index (χ0v) is 19.2. The summed E-state index contributed by atoms with van der Waals surface area (Å²) in [6.07, 6.45) is 3.73. The van der Waals surface area contributed by atoms with Crippen molar-refractivity contribution in [2.45, 2.75) is 0 Å². The topological polar surface area (TPSA) is 43.9 Å². The highest BCUT2D eigenvalue weighted by molar-refractivity contribution is 6.33. The molecule has 0 saturated carbocycles. The number of hydrogen-bond donors (Lipinski definition) is 0. The molecule has 4 heterocycles. The van der Waals surface area contributed by atoms with E-state index in [2.05, 4.69) is 76.3 Å². The number of para-hydroxylation sites is 1. The van der Waals surface area contributed by atoms with Crippen LogP contribution in [0.2, 0.25) is 0 Å². The van der Waals surface area contributed by atoms with Crippen LogP contribution in [-0.4, -0.2) is 14.5 Å². The largest absolute Gasteiger partial charge is 0.454 e. The van der Waals surface area contributed by atoms with Gasteiger partial charge in [0, 0.05) is 17.0 Å². The average Bonchev–Trinajstić information content (AvgIpc) is 3.49. The van der Waals surface area contributed by atoms with E-state index in [1.165, 1.54) is 21.5 Å². The predicted octanol–water partition coefficient (Wildman–Crippen LogP) is 8.29. The molecule has 4 nitrogen and oxygen atoms in total. The maximum atomic E-state index is 6.57. The Morgan fingerprint density at radius 2 is 1.19 bits per heavy atom. The second kappa shape index (κ2) is 7.27. The summed E-state index contributed by atoms with van der Waals surface area (Å²) in [5.41, 5.74) is 6.68. The van der Waals surface area contributed by atoms with Crippen LogP contribution in [0.25, 0.3) is 71.6 Å². The smallest absolute Gasteiger partial charge is 0.162 e. The first kappa shape index (κ1) is 19.4. The maximum Gasteiger partial charge on any atom is 0.162 e. The van der Waals surface area contributed by atoms with Crippen molar-refractivity contribution in [2.75, 3.05) is 0 Å². The van der Waals surface area contributed by atoms with E-state index >= 15 is 0 Å². The molecule has 0 aliphatic carbocycles. The fourth-order valence-electron chi connectivity index (χ4n) is 5.56. The fourth-order valence-corrected chi connectivity index (χ4v) is 5.56. The van der Waals surface area contributed by atoms with Gasteiger partial charge in [-0.25, -0.2) is 0 Å². The number of benzene rings is 4. The summed E-state index contributed by atoms with van der Waals surface area (Å²) < 4.78 is 8.89. The molecule has 8 rings (SSSR count). The molecule has 0 aliphatic rings. The highest BCUT2D eigenvalue weighted by Gasteiger charge is 2.23. The van der Waals surface area contributed by atoms with Gasteiger partial charge < -0.3 is 8.98 Å². The van der Waals surface area contributed by atoms with Crippen molar-refractivity contribution in [3.63, 3.8) is 0 Å². The zero-order valence-electron chi connectivity index (χ0n) is 19.2. The third-order valence-electron chi connectivity index (χ3n) is 7.08. The van der Waals surface area contributed by atoms with Crippen molar-refractivity contribution in [3.05, 3.63) is 116 Å². The molecule has 0 spiro atoms. The van der Waals surface area contributed by atoms with Crippen LogP contribution >= 0.6 is 0 Å². The summed E-state index contributed by atoms with van der Waals surface area (Å²) in [4.78, 5) is 9.28. The molecule has 4 heteroatoms. The Morgan fingerprint density at radius 3 is 1.94 bits per heavy atom.